The van der Waals surface area contributed by atoms with Crippen LogP contribution in [0.4, 0.5) is 0 Å². The maximum Gasteiger partial charge on any atom is 0.284 e. The largest absolute Gasteiger partial charge is 0.412 e. The van der Waals surface area contributed by atoms with Gasteiger partial charge in [0.15, 0.2) is 7.38 Å². The van der Waals surface area contributed by atoms with Crippen molar-refractivity contribution >= 4 is 64.2 Å². The molecule has 9 heteroatoms. The van der Waals surface area contributed by atoms with Gasteiger partial charge in [-0.3, -0.25) is 0 Å². The summed E-state index contributed by atoms with van der Waals surface area (Å²) in [6.07, 6.45) is 4.33. The minimum absolute atomic E-state index is 0.0985. The number of benzene rings is 2. The zero-order valence-corrected chi connectivity index (χ0v) is 34.9. The van der Waals surface area contributed by atoms with Crippen LogP contribution in [0.25, 0.3) is 0 Å². The van der Waals surface area contributed by atoms with Crippen LogP contribution in [0.5, 0.6) is 0 Å². The quantitative estimate of drug-likeness (QED) is 0.122. The molecule has 2 rings (SSSR count). The maximum atomic E-state index is 7.97. The average molecular weight is 700 g/mol. The Bertz CT molecular complexity index is 1090. The first-order valence-corrected chi connectivity index (χ1v) is 29.1. The summed E-state index contributed by atoms with van der Waals surface area (Å²) in [4.78, 5) is 0. The molecule has 0 saturated heterocycles. The Morgan fingerprint density at radius 1 is 0.651 bits per heavy atom. The highest BCUT2D eigenvalue weighted by Crippen LogP contribution is 2.53. The summed E-state index contributed by atoms with van der Waals surface area (Å²) in [6, 6.07) is 22.0. The van der Waals surface area contributed by atoms with Gasteiger partial charge in [-0.25, -0.2) is 0 Å². The van der Waals surface area contributed by atoms with Crippen LogP contribution >= 0.6 is 22.2 Å². The van der Waals surface area contributed by atoms with Gasteiger partial charge in [0.2, 0.25) is 8.32 Å². The van der Waals surface area contributed by atoms with Crippen molar-refractivity contribution in [3.63, 3.8) is 0 Å². The van der Waals surface area contributed by atoms with E-state index >= 15 is 0 Å². The number of halogens is 2. The summed E-state index contributed by atoms with van der Waals surface area (Å²) in [5, 5.41) is 1.42. The molecule has 0 spiro atoms. The van der Waals surface area contributed by atoms with Gasteiger partial charge in [-0.05, 0) is 82.5 Å². The summed E-state index contributed by atoms with van der Waals surface area (Å²) >= 11 is 14.3. The first-order valence-electron chi connectivity index (χ1n) is 16.4. The SMILES string of the molecule is CCC(CC)(O[Si](C)(C)Cl)[Si](C)(C)OC(C)C(CC)(CC)[Si](O[C@](C)(CC)[Si](C)(C)Cl)(c1ccccc1)c1ccccc1. The van der Waals surface area contributed by atoms with Gasteiger partial charge in [0.1, 0.15) is 0 Å². The van der Waals surface area contributed by atoms with Crippen molar-refractivity contribution in [1.29, 1.82) is 0 Å². The second-order valence-electron chi connectivity index (χ2n) is 13.9. The second kappa shape index (κ2) is 14.7. The van der Waals surface area contributed by atoms with Gasteiger partial charge in [-0.1, -0.05) is 108 Å². The van der Waals surface area contributed by atoms with Crippen molar-refractivity contribution in [2.75, 3.05) is 0 Å². The fourth-order valence-electron chi connectivity index (χ4n) is 7.36. The summed E-state index contributed by atoms with van der Waals surface area (Å²) < 4.78 is 22.4. The fraction of sp³-hybridized carbons (Fsp3) is 0.647. The molecule has 43 heavy (non-hydrogen) atoms. The van der Waals surface area contributed by atoms with Gasteiger partial charge < -0.3 is 13.3 Å². The smallest absolute Gasteiger partial charge is 0.284 e. The molecular formula is C34H60Cl2O3Si4. The predicted octanol–water partition coefficient (Wildman–Crippen LogP) is 10.1. The van der Waals surface area contributed by atoms with Crippen LogP contribution in [-0.2, 0) is 13.3 Å². The molecule has 0 aliphatic rings. The van der Waals surface area contributed by atoms with Crippen molar-refractivity contribution in [2.24, 2.45) is 0 Å². The normalized spacial score (nSPS) is 16.2. The van der Waals surface area contributed by atoms with Crippen molar-refractivity contribution < 1.29 is 13.3 Å². The van der Waals surface area contributed by atoms with Gasteiger partial charge in [0.05, 0.1) is 10.4 Å². The average Bonchev–Trinajstić information content (AvgIpc) is 2.95. The molecule has 0 N–H and O–H groups in total. The summed E-state index contributed by atoms with van der Waals surface area (Å²) in [6.45, 7) is 29.2. The lowest BCUT2D eigenvalue weighted by Crippen LogP contribution is -2.75. The van der Waals surface area contributed by atoms with E-state index in [1.807, 2.05) is 0 Å². The van der Waals surface area contributed by atoms with Gasteiger partial charge in [-0.2, -0.15) is 11.1 Å². The van der Waals surface area contributed by atoms with E-state index in [4.69, 9.17) is 35.4 Å². The Morgan fingerprint density at radius 2 is 1.07 bits per heavy atom. The minimum Gasteiger partial charge on any atom is -0.412 e. The van der Waals surface area contributed by atoms with E-state index in [1.165, 1.54) is 10.4 Å². The molecule has 0 amide bonds. The standard InChI is InChI=1S/C34H60Cl2O3Si4/c1-14-32(7,40(8,9)35)38-43(30-25-21-19-22-26-30,31-27-23-20-24-28-31)33(15-2,16-3)29(6)37-41(10,11)34(17-4,18-5)39-42(12,13)36/h19-29H,14-18H2,1-13H3/t29?,32-/m0/s1. The van der Waals surface area contributed by atoms with E-state index in [1.54, 1.807) is 0 Å². The van der Waals surface area contributed by atoms with Crippen molar-refractivity contribution in [2.45, 2.75) is 141 Å². The van der Waals surface area contributed by atoms with Crippen LogP contribution < -0.4 is 10.4 Å². The van der Waals surface area contributed by atoms with E-state index in [2.05, 4.69) is 148 Å². The molecule has 3 nitrogen and oxygen atoms in total. The van der Waals surface area contributed by atoms with Crippen LogP contribution in [0.2, 0.25) is 44.3 Å². The van der Waals surface area contributed by atoms with E-state index in [0.29, 0.717) is 0 Å². The number of hydrogen-bond acceptors (Lipinski definition) is 3. The van der Waals surface area contributed by atoms with E-state index in [9.17, 15) is 0 Å². The Morgan fingerprint density at radius 3 is 1.37 bits per heavy atom. The van der Waals surface area contributed by atoms with Gasteiger partial charge in [0.25, 0.3) is 15.9 Å². The summed E-state index contributed by atoms with van der Waals surface area (Å²) in [5.74, 6) is 0. The molecule has 2 aromatic rings. The maximum absolute atomic E-state index is 7.97. The van der Waals surface area contributed by atoms with Gasteiger partial charge in [-0.15, -0.1) is 11.1 Å². The topological polar surface area (TPSA) is 27.7 Å². The molecule has 2 atom stereocenters. The number of rotatable bonds is 17. The van der Waals surface area contributed by atoms with Crippen LogP contribution in [0, 0.1) is 0 Å². The van der Waals surface area contributed by atoms with Crippen LogP contribution in [-0.4, -0.2) is 48.2 Å². The fourth-order valence-corrected chi connectivity index (χ4v) is 22.8. The third-order valence-electron chi connectivity index (χ3n) is 10.6. The lowest BCUT2D eigenvalue weighted by Gasteiger charge is -2.58. The first kappa shape index (κ1) is 38.9. The van der Waals surface area contributed by atoms with E-state index in [-0.39, 0.29) is 16.4 Å². The van der Waals surface area contributed by atoms with Crippen molar-refractivity contribution in [3.05, 3.63) is 60.7 Å². The zero-order chi connectivity index (χ0) is 33.0. The third kappa shape index (κ3) is 7.68. The Hall–Kier alpha value is -0.232. The molecule has 0 aliphatic heterocycles. The molecule has 0 saturated carbocycles. The minimum atomic E-state index is -3.09. The highest BCUT2D eigenvalue weighted by Gasteiger charge is 2.64. The Labute approximate surface area is 278 Å². The van der Waals surface area contributed by atoms with Gasteiger partial charge >= 0.3 is 0 Å². The van der Waals surface area contributed by atoms with Gasteiger partial charge in [0, 0.05) is 11.1 Å². The van der Waals surface area contributed by atoms with Crippen molar-refractivity contribution in [1.82, 2.24) is 0 Å². The molecule has 0 aromatic heterocycles. The molecule has 0 fully saturated rings. The Kier molecular flexibility index (Phi) is 13.3. The summed E-state index contributed by atoms with van der Waals surface area (Å²) in [7, 11) is -10.3. The molecule has 244 valence electrons. The molecule has 0 aliphatic carbocycles. The van der Waals surface area contributed by atoms with Crippen LogP contribution in [0.3, 0.4) is 0 Å². The summed E-state index contributed by atoms with van der Waals surface area (Å²) in [5.41, 5.74) is 0. The molecule has 2 aromatic carbocycles. The first-order chi connectivity index (χ1) is 19.8. The third-order valence-corrected chi connectivity index (χ3v) is 25.8. The monoisotopic (exact) mass is 698 g/mol. The van der Waals surface area contributed by atoms with Crippen molar-refractivity contribution in [3.8, 4) is 0 Å². The second-order valence-corrected chi connectivity index (χ2v) is 34.3. The lowest BCUT2D eigenvalue weighted by molar-refractivity contribution is 0.0566. The highest BCUT2D eigenvalue weighted by molar-refractivity contribution is 7.21. The molecule has 0 radical (unpaired) electrons. The van der Waals surface area contributed by atoms with E-state index < -0.39 is 36.9 Å². The molecule has 0 bridgehead atoms. The number of hydrogen-bond donors (Lipinski definition) is 0. The highest BCUT2D eigenvalue weighted by atomic mass is 35.6. The predicted molar refractivity (Wildman–Crippen MR) is 200 cm³/mol. The van der Waals surface area contributed by atoms with E-state index in [0.717, 1.165) is 32.1 Å². The molecule has 1 unspecified atom stereocenters. The zero-order valence-electron chi connectivity index (χ0n) is 29.4. The molecular weight excluding hydrogens is 640 g/mol. The van der Waals surface area contributed by atoms with Crippen LogP contribution in [0.15, 0.2) is 60.7 Å². The Balaban J connectivity index is 3.00. The van der Waals surface area contributed by atoms with Crippen LogP contribution in [0.1, 0.15) is 80.6 Å². The molecule has 0 heterocycles. The lowest BCUT2D eigenvalue weighted by atomic mass is 9.96.